The fraction of sp³-hybridized carbons (Fsp3) is 0.700. The first-order valence-electron chi connectivity index (χ1n) is 10.3. The number of piperazine rings is 1. The van der Waals surface area contributed by atoms with E-state index in [1.54, 1.807) is 6.26 Å². The Morgan fingerprint density at radius 3 is 2.07 bits per heavy atom. The van der Waals surface area contributed by atoms with Gasteiger partial charge < -0.3 is 15.1 Å². The minimum absolute atomic E-state index is 0.0286. The zero-order valence-corrected chi connectivity index (χ0v) is 17.4. The third-order valence-electron chi connectivity index (χ3n) is 5.19. The van der Waals surface area contributed by atoms with Gasteiger partial charge in [-0.3, -0.25) is 24.3 Å². The predicted octanol–water partition coefficient (Wildman–Crippen LogP) is 0.532. The van der Waals surface area contributed by atoms with Gasteiger partial charge in [-0.05, 0) is 32.1 Å². The van der Waals surface area contributed by atoms with Gasteiger partial charge in [-0.1, -0.05) is 13.8 Å². The standard InChI is InChI=1S/C20H35N5O3/c1-4-21-19(26)15-23-9-11-24(12-10-23)16-20(27)22-14-17(25(5-2)6-3)18-8-7-13-28-18/h7-8,13,17H,4-6,9-12,14-16H2,1-3H3,(H,21,26)(H,22,27). The van der Waals surface area contributed by atoms with Gasteiger partial charge in [-0.15, -0.1) is 0 Å². The van der Waals surface area contributed by atoms with Gasteiger partial charge in [0.15, 0.2) is 0 Å². The second kappa shape index (κ2) is 11.8. The molecular formula is C20H35N5O3. The van der Waals surface area contributed by atoms with E-state index in [0.717, 1.165) is 45.0 Å². The average Bonchev–Trinajstić information content (AvgIpc) is 3.21. The lowest BCUT2D eigenvalue weighted by molar-refractivity contribution is -0.125. The van der Waals surface area contributed by atoms with E-state index in [9.17, 15) is 9.59 Å². The maximum absolute atomic E-state index is 12.4. The molecule has 1 unspecified atom stereocenters. The summed E-state index contributed by atoms with van der Waals surface area (Å²) in [6, 6.07) is 3.89. The molecule has 0 bridgehead atoms. The lowest BCUT2D eigenvalue weighted by Crippen LogP contribution is -2.52. The smallest absolute Gasteiger partial charge is 0.234 e. The largest absolute Gasteiger partial charge is 0.468 e. The van der Waals surface area contributed by atoms with Crippen LogP contribution < -0.4 is 10.6 Å². The number of nitrogens with zero attached hydrogens (tertiary/aromatic N) is 3. The van der Waals surface area contributed by atoms with Crippen LogP contribution in [0.15, 0.2) is 22.8 Å². The molecule has 0 aliphatic carbocycles. The maximum atomic E-state index is 12.4. The molecule has 1 aromatic heterocycles. The molecule has 1 aromatic rings. The number of nitrogens with one attached hydrogen (secondary N) is 2. The van der Waals surface area contributed by atoms with Crippen molar-refractivity contribution < 1.29 is 14.0 Å². The summed E-state index contributed by atoms with van der Waals surface area (Å²) in [5, 5.41) is 5.89. The number of rotatable bonds is 11. The number of likely N-dealkylation sites (N-methyl/N-ethyl adjacent to an activating group) is 2. The van der Waals surface area contributed by atoms with E-state index in [2.05, 4.69) is 39.2 Å². The number of carbonyl (C=O) groups is 2. The minimum atomic E-state index is 0.0286. The fourth-order valence-electron chi connectivity index (χ4n) is 3.59. The number of hydrogen-bond donors (Lipinski definition) is 2. The van der Waals surface area contributed by atoms with Crippen LogP contribution in [-0.4, -0.2) is 92.0 Å². The van der Waals surface area contributed by atoms with Crippen molar-refractivity contribution >= 4 is 11.8 Å². The van der Waals surface area contributed by atoms with Gasteiger partial charge in [0.25, 0.3) is 0 Å². The third kappa shape index (κ3) is 6.92. The number of furan rings is 1. The number of hydrogen-bond acceptors (Lipinski definition) is 6. The van der Waals surface area contributed by atoms with Crippen LogP contribution in [0, 0.1) is 0 Å². The van der Waals surface area contributed by atoms with Crippen LogP contribution in [-0.2, 0) is 9.59 Å². The molecule has 1 saturated heterocycles. The molecule has 0 spiro atoms. The molecule has 0 radical (unpaired) electrons. The molecule has 2 N–H and O–H groups in total. The van der Waals surface area contributed by atoms with Gasteiger partial charge in [0.05, 0.1) is 25.4 Å². The zero-order valence-electron chi connectivity index (χ0n) is 17.4. The van der Waals surface area contributed by atoms with Gasteiger partial charge >= 0.3 is 0 Å². The van der Waals surface area contributed by atoms with Gasteiger partial charge in [-0.25, -0.2) is 0 Å². The fourth-order valence-corrected chi connectivity index (χ4v) is 3.59. The summed E-state index contributed by atoms with van der Waals surface area (Å²) in [5.74, 6) is 0.970. The van der Waals surface area contributed by atoms with Crippen LogP contribution in [0.2, 0.25) is 0 Å². The molecule has 8 heteroatoms. The van der Waals surface area contributed by atoms with Crippen molar-refractivity contribution in [3.63, 3.8) is 0 Å². The Morgan fingerprint density at radius 2 is 1.61 bits per heavy atom. The normalized spacial score (nSPS) is 16.9. The Balaban J connectivity index is 1.75. The molecule has 1 fully saturated rings. The van der Waals surface area contributed by atoms with Crippen LogP contribution in [0.3, 0.4) is 0 Å². The molecule has 0 saturated carbocycles. The monoisotopic (exact) mass is 393 g/mol. The highest BCUT2D eigenvalue weighted by Gasteiger charge is 2.23. The van der Waals surface area contributed by atoms with Crippen molar-refractivity contribution in [2.45, 2.75) is 26.8 Å². The molecule has 158 valence electrons. The molecule has 8 nitrogen and oxygen atoms in total. The highest BCUT2D eigenvalue weighted by molar-refractivity contribution is 5.78. The molecule has 2 rings (SSSR count). The molecular weight excluding hydrogens is 358 g/mol. The van der Waals surface area contributed by atoms with E-state index in [-0.39, 0.29) is 17.9 Å². The van der Waals surface area contributed by atoms with Crippen LogP contribution in [0.5, 0.6) is 0 Å². The summed E-state index contributed by atoms with van der Waals surface area (Å²) in [7, 11) is 0. The predicted molar refractivity (Wildman–Crippen MR) is 109 cm³/mol. The minimum Gasteiger partial charge on any atom is -0.468 e. The Hall–Kier alpha value is -1.90. The first kappa shape index (κ1) is 22.4. The van der Waals surface area contributed by atoms with Crippen molar-refractivity contribution in [2.24, 2.45) is 0 Å². The van der Waals surface area contributed by atoms with Gasteiger partial charge in [-0.2, -0.15) is 0 Å². The maximum Gasteiger partial charge on any atom is 0.234 e. The molecule has 28 heavy (non-hydrogen) atoms. The first-order chi connectivity index (χ1) is 13.6. The van der Waals surface area contributed by atoms with Crippen LogP contribution in [0.25, 0.3) is 0 Å². The lowest BCUT2D eigenvalue weighted by atomic mass is 10.2. The first-order valence-corrected chi connectivity index (χ1v) is 10.3. The highest BCUT2D eigenvalue weighted by atomic mass is 16.3. The number of amides is 2. The zero-order chi connectivity index (χ0) is 20.4. The summed E-state index contributed by atoms with van der Waals surface area (Å²) in [6.45, 7) is 13.1. The topological polar surface area (TPSA) is 81.1 Å². The molecule has 1 atom stereocenters. The second-order valence-corrected chi connectivity index (χ2v) is 7.06. The summed E-state index contributed by atoms with van der Waals surface area (Å²) >= 11 is 0. The SMILES string of the molecule is CCNC(=O)CN1CCN(CC(=O)NCC(c2ccco2)N(CC)CC)CC1. The van der Waals surface area contributed by atoms with E-state index in [1.165, 1.54) is 0 Å². The second-order valence-electron chi connectivity index (χ2n) is 7.06. The quantitative estimate of drug-likeness (QED) is 0.571. The van der Waals surface area contributed by atoms with Crippen LogP contribution >= 0.6 is 0 Å². The van der Waals surface area contributed by atoms with Gasteiger partial charge in [0.1, 0.15) is 5.76 Å². The van der Waals surface area contributed by atoms with Crippen molar-refractivity contribution in [1.29, 1.82) is 0 Å². The van der Waals surface area contributed by atoms with E-state index >= 15 is 0 Å². The van der Waals surface area contributed by atoms with E-state index in [4.69, 9.17) is 4.42 Å². The van der Waals surface area contributed by atoms with Crippen molar-refractivity contribution in [3.05, 3.63) is 24.2 Å². The summed E-state index contributed by atoms with van der Waals surface area (Å²) in [4.78, 5) is 30.7. The molecule has 1 aliphatic rings. The molecule has 1 aliphatic heterocycles. The van der Waals surface area contributed by atoms with Crippen LogP contribution in [0.4, 0.5) is 0 Å². The van der Waals surface area contributed by atoms with Crippen molar-refractivity contribution in [1.82, 2.24) is 25.3 Å². The Morgan fingerprint density at radius 1 is 1.04 bits per heavy atom. The van der Waals surface area contributed by atoms with E-state index < -0.39 is 0 Å². The van der Waals surface area contributed by atoms with Gasteiger partial charge in [0, 0.05) is 39.3 Å². The third-order valence-corrected chi connectivity index (χ3v) is 5.19. The summed E-state index contributed by atoms with van der Waals surface area (Å²) < 4.78 is 5.58. The summed E-state index contributed by atoms with van der Waals surface area (Å²) in [6.07, 6.45) is 1.67. The molecule has 0 aromatic carbocycles. The molecule has 2 heterocycles. The van der Waals surface area contributed by atoms with Gasteiger partial charge in [0.2, 0.25) is 11.8 Å². The average molecular weight is 394 g/mol. The van der Waals surface area contributed by atoms with E-state index in [0.29, 0.717) is 26.2 Å². The highest BCUT2D eigenvalue weighted by Crippen LogP contribution is 2.20. The Bertz CT molecular complexity index is 581. The lowest BCUT2D eigenvalue weighted by Gasteiger charge is -2.34. The summed E-state index contributed by atoms with van der Waals surface area (Å²) in [5.41, 5.74) is 0. The Kier molecular flexibility index (Phi) is 9.46. The van der Waals surface area contributed by atoms with Crippen molar-refractivity contribution in [3.8, 4) is 0 Å². The molecule has 2 amide bonds. The van der Waals surface area contributed by atoms with Crippen molar-refractivity contribution in [2.75, 3.05) is 65.4 Å². The number of carbonyl (C=O) groups excluding carboxylic acids is 2. The Labute approximate surface area is 168 Å². The van der Waals surface area contributed by atoms with E-state index in [1.807, 2.05) is 19.1 Å². The van der Waals surface area contributed by atoms with Crippen LogP contribution in [0.1, 0.15) is 32.6 Å².